The van der Waals surface area contributed by atoms with Gasteiger partial charge in [0.1, 0.15) is 23.6 Å². The zero-order valence-electron chi connectivity index (χ0n) is 23.1. The van der Waals surface area contributed by atoms with E-state index >= 15 is 0 Å². The van der Waals surface area contributed by atoms with Gasteiger partial charge in [-0.05, 0) is 80.2 Å². The van der Waals surface area contributed by atoms with Gasteiger partial charge in [-0.25, -0.2) is 15.0 Å². The molecule has 3 aromatic heterocycles. The molecule has 202 valence electrons. The molecule has 0 aliphatic heterocycles. The highest BCUT2D eigenvalue weighted by atomic mass is 16.3. The van der Waals surface area contributed by atoms with Crippen LogP contribution >= 0.6 is 0 Å². The van der Waals surface area contributed by atoms with Crippen molar-refractivity contribution in [2.24, 2.45) is 11.8 Å². The summed E-state index contributed by atoms with van der Waals surface area (Å²) in [5.41, 5.74) is 10.6. The molecule has 0 saturated heterocycles. The number of aliphatic hydroxyl groups excluding tert-OH is 1. The highest BCUT2D eigenvalue weighted by molar-refractivity contribution is 5.86. The summed E-state index contributed by atoms with van der Waals surface area (Å²) in [5, 5.41) is 11.8. The molecule has 1 aromatic carbocycles. The monoisotopic (exact) mass is 515 g/mol. The van der Waals surface area contributed by atoms with Crippen LogP contribution < -0.4 is 5.73 Å². The molecule has 3 heterocycles. The molecule has 2 aliphatic rings. The Kier molecular flexibility index (Phi) is 6.43. The molecule has 4 aromatic rings. The van der Waals surface area contributed by atoms with Crippen LogP contribution in [0.2, 0.25) is 0 Å². The fourth-order valence-electron chi connectivity index (χ4n) is 6.59. The van der Waals surface area contributed by atoms with E-state index in [2.05, 4.69) is 70.4 Å². The first-order valence-electron chi connectivity index (χ1n) is 14.1. The Hall–Kier alpha value is -2.97. The van der Waals surface area contributed by atoms with Gasteiger partial charge in [0.2, 0.25) is 0 Å². The van der Waals surface area contributed by atoms with Crippen LogP contribution in [0.3, 0.4) is 0 Å². The van der Waals surface area contributed by atoms with E-state index in [9.17, 15) is 5.11 Å². The Morgan fingerprint density at radius 3 is 2.74 bits per heavy atom. The number of hydrogen-bond acceptors (Lipinski definition) is 6. The second-order valence-corrected chi connectivity index (χ2v) is 12.8. The van der Waals surface area contributed by atoms with Crippen molar-refractivity contribution in [3.8, 4) is 0 Å². The Bertz CT molecular complexity index is 1430. The van der Waals surface area contributed by atoms with E-state index in [-0.39, 0.29) is 23.5 Å². The first kappa shape index (κ1) is 25.3. The Labute approximate surface area is 224 Å². The standard InChI is InChI=1S/C30H41N7O/c1-30(2,3)20-6-7-24-25(14-20)35-27(34-24)8-5-18-11-21(12-18)36(4)16-19-13-22(15-26(19)38)37-10-9-23-28(31)32-17-33-29(23)37/h6-7,9-10,14,17-19,21-22,26,38H,5,8,11-13,15-16H2,1-4H3,(H,34,35)(H2,31,32,33)/t18?,19-,21?,22-,26+/m1/s1. The van der Waals surface area contributed by atoms with Gasteiger partial charge in [0.25, 0.3) is 0 Å². The molecule has 2 saturated carbocycles. The van der Waals surface area contributed by atoms with E-state index in [1.54, 1.807) is 0 Å². The normalized spacial score (nSPS) is 26.0. The van der Waals surface area contributed by atoms with Gasteiger partial charge in [-0.2, -0.15) is 0 Å². The van der Waals surface area contributed by atoms with E-state index < -0.39 is 0 Å². The number of nitrogen functional groups attached to an aromatic ring is 1. The number of rotatable bonds is 7. The van der Waals surface area contributed by atoms with Crippen LogP contribution in [0.25, 0.3) is 22.1 Å². The number of aryl methyl sites for hydroxylation is 1. The van der Waals surface area contributed by atoms with Crippen molar-refractivity contribution in [1.82, 2.24) is 29.4 Å². The topological polar surface area (TPSA) is 109 Å². The average molecular weight is 516 g/mol. The number of fused-ring (bicyclic) bond motifs is 2. The van der Waals surface area contributed by atoms with Gasteiger partial charge < -0.3 is 25.3 Å². The van der Waals surface area contributed by atoms with E-state index in [0.717, 1.165) is 59.6 Å². The first-order valence-corrected chi connectivity index (χ1v) is 14.1. The Morgan fingerprint density at radius 2 is 1.95 bits per heavy atom. The minimum atomic E-state index is -0.290. The maximum Gasteiger partial charge on any atom is 0.145 e. The van der Waals surface area contributed by atoms with Crippen LogP contribution in [0, 0.1) is 11.8 Å². The lowest BCUT2D eigenvalue weighted by Gasteiger charge is -2.42. The number of hydrogen-bond donors (Lipinski definition) is 3. The van der Waals surface area contributed by atoms with E-state index in [1.165, 1.54) is 31.2 Å². The lowest BCUT2D eigenvalue weighted by atomic mass is 9.76. The van der Waals surface area contributed by atoms with Crippen LogP contribution in [-0.4, -0.2) is 60.2 Å². The Morgan fingerprint density at radius 1 is 1.13 bits per heavy atom. The third-order valence-electron chi connectivity index (χ3n) is 9.11. The van der Waals surface area contributed by atoms with Crippen molar-refractivity contribution >= 4 is 27.9 Å². The minimum Gasteiger partial charge on any atom is -0.393 e. The summed E-state index contributed by atoms with van der Waals surface area (Å²) in [6.45, 7) is 7.68. The van der Waals surface area contributed by atoms with Crippen LogP contribution in [0.5, 0.6) is 0 Å². The number of anilines is 1. The van der Waals surface area contributed by atoms with Gasteiger partial charge in [-0.15, -0.1) is 0 Å². The molecule has 0 spiro atoms. The summed E-state index contributed by atoms with van der Waals surface area (Å²) in [7, 11) is 2.23. The second kappa shape index (κ2) is 9.65. The number of imidazole rings is 1. The quantitative estimate of drug-likeness (QED) is 0.325. The molecule has 4 N–H and O–H groups in total. The fourth-order valence-corrected chi connectivity index (χ4v) is 6.59. The molecule has 0 amide bonds. The van der Waals surface area contributed by atoms with E-state index in [1.807, 2.05) is 12.3 Å². The maximum absolute atomic E-state index is 10.9. The number of aromatic amines is 1. The van der Waals surface area contributed by atoms with Crippen LogP contribution in [0.4, 0.5) is 5.82 Å². The number of nitrogens with two attached hydrogens (primary N) is 1. The zero-order valence-corrected chi connectivity index (χ0v) is 23.1. The lowest BCUT2D eigenvalue weighted by molar-refractivity contribution is 0.0529. The van der Waals surface area contributed by atoms with Crippen molar-refractivity contribution in [2.45, 2.75) is 82.9 Å². The molecule has 0 bridgehead atoms. The van der Waals surface area contributed by atoms with Crippen molar-refractivity contribution < 1.29 is 5.11 Å². The molecule has 2 aliphatic carbocycles. The van der Waals surface area contributed by atoms with Crippen molar-refractivity contribution in [1.29, 1.82) is 0 Å². The number of nitrogens with one attached hydrogen (secondary N) is 1. The second-order valence-electron chi connectivity index (χ2n) is 12.8. The summed E-state index contributed by atoms with van der Waals surface area (Å²) in [5.74, 6) is 2.64. The van der Waals surface area contributed by atoms with Gasteiger partial charge in [0.05, 0.1) is 22.5 Å². The number of H-pyrrole nitrogens is 1. The molecule has 8 heteroatoms. The fraction of sp³-hybridized carbons (Fsp3) is 0.567. The smallest absolute Gasteiger partial charge is 0.145 e. The lowest BCUT2D eigenvalue weighted by Crippen LogP contribution is -2.45. The molecular weight excluding hydrogens is 474 g/mol. The van der Waals surface area contributed by atoms with Gasteiger partial charge in [-0.3, -0.25) is 0 Å². The predicted octanol–water partition coefficient (Wildman–Crippen LogP) is 4.84. The minimum absolute atomic E-state index is 0.141. The summed E-state index contributed by atoms with van der Waals surface area (Å²) in [4.78, 5) is 19.4. The number of benzene rings is 1. The predicted molar refractivity (Wildman–Crippen MR) is 152 cm³/mol. The maximum atomic E-state index is 10.9. The summed E-state index contributed by atoms with van der Waals surface area (Å²) < 4.78 is 2.18. The number of aliphatic hydroxyl groups is 1. The van der Waals surface area contributed by atoms with Crippen molar-refractivity contribution in [2.75, 3.05) is 19.3 Å². The summed E-state index contributed by atoms with van der Waals surface area (Å²) in [6, 6.07) is 9.44. The first-order chi connectivity index (χ1) is 18.2. The molecule has 2 fully saturated rings. The average Bonchev–Trinajstić information content (AvgIpc) is 3.54. The molecule has 8 nitrogen and oxygen atoms in total. The molecule has 0 radical (unpaired) electrons. The zero-order chi connectivity index (χ0) is 26.6. The third kappa shape index (κ3) is 4.80. The van der Waals surface area contributed by atoms with E-state index in [4.69, 9.17) is 10.7 Å². The molecule has 38 heavy (non-hydrogen) atoms. The largest absolute Gasteiger partial charge is 0.393 e. The third-order valence-corrected chi connectivity index (χ3v) is 9.11. The van der Waals surface area contributed by atoms with Crippen LogP contribution in [-0.2, 0) is 11.8 Å². The van der Waals surface area contributed by atoms with Crippen molar-refractivity contribution in [3.05, 3.63) is 48.2 Å². The van der Waals surface area contributed by atoms with Gasteiger partial charge >= 0.3 is 0 Å². The van der Waals surface area contributed by atoms with Crippen LogP contribution in [0.1, 0.15) is 70.3 Å². The summed E-state index contributed by atoms with van der Waals surface area (Å²) in [6.07, 6.45) is 9.63. The van der Waals surface area contributed by atoms with Crippen LogP contribution in [0.15, 0.2) is 36.8 Å². The molecule has 0 unspecified atom stereocenters. The summed E-state index contributed by atoms with van der Waals surface area (Å²) >= 11 is 0. The van der Waals surface area contributed by atoms with Gasteiger partial charge in [0, 0.05) is 31.2 Å². The number of nitrogens with zero attached hydrogens (tertiary/aromatic N) is 5. The molecular formula is C30H41N7O. The van der Waals surface area contributed by atoms with Crippen molar-refractivity contribution in [3.63, 3.8) is 0 Å². The molecule has 6 rings (SSSR count). The van der Waals surface area contributed by atoms with Gasteiger partial charge in [-0.1, -0.05) is 26.8 Å². The number of aromatic nitrogens is 5. The van der Waals surface area contributed by atoms with Gasteiger partial charge in [0.15, 0.2) is 0 Å². The SMILES string of the molecule is CN(C[C@H]1C[C@@H](n2ccc3c(N)ncnc32)C[C@@H]1O)C1CC(CCc2nc3ccc(C(C)(C)C)cc3[nH]2)C1. The highest BCUT2D eigenvalue weighted by Crippen LogP contribution is 2.40. The molecule has 3 atom stereocenters. The Balaban J connectivity index is 0.992. The van der Waals surface area contributed by atoms with E-state index in [0.29, 0.717) is 11.9 Å². The highest BCUT2D eigenvalue weighted by Gasteiger charge is 2.38.